The summed E-state index contributed by atoms with van der Waals surface area (Å²) in [6.07, 6.45) is 0. The van der Waals surface area contributed by atoms with Crippen LogP contribution >= 0.6 is 0 Å². The molecule has 0 bridgehead atoms. The third kappa shape index (κ3) is 1.99. The molecule has 90 valence electrons. The molecule has 3 N–H and O–H groups in total. The minimum absolute atomic E-state index is 0.366. The van der Waals surface area contributed by atoms with Gasteiger partial charge in [-0.1, -0.05) is 18.2 Å². The normalized spacial score (nSPS) is 12.2. The molecule has 0 amide bonds. The van der Waals surface area contributed by atoms with E-state index in [4.69, 9.17) is 4.74 Å². The maximum atomic E-state index is 11.8. The lowest BCUT2D eigenvalue weighted by Crippen LogP contribution is -2.19. The highest BCUT2D eigenvalue weighted by Gasteiger charge is 2.12. The van der Waals surface area contributed by atoms with Crippen LogP contribution in [0.15, 0.2) is 48.5 Å². The predicted octanol–water partition coefficient (Wildman–Crippen LogP) is 2.16. The number of hydrogen-bond donors (Lipinski definition) is 3. The molecule has 0 saturated carbocycles. The van der Waals surface area contributed by atoms with Gasteiger partial charge in [-0.05, 0) is 24.3 Å². The van der Waals surface area contributed by atoms with E-state index in [1.807, 2.05) is 12.1 Å². The number of rotatable bonds is 2. The van der Waals surface area contributed by atoms with E-state index >= 15 is 0 Å². The Bertz CT molecular complexity index is 584. The molecule has 1 aliphatic rings. The van der Waals surface area contributed by atoms with Crippen LogP contribution in [0.3, 0.4) is 0 Å². The van der Waals surface area contributed by atoms with Gasteiger partial charge in [-0.25, -0.2) is 4.79 Å². The van der Waals surface area contributed by atoms with E-state index in [2.05, 4.69) is 16.4 Å². The summed E-state index contributed by atoms with van der Waals surface area (Å²) in [5.74, 6) is 0.134. The van der Waals surface area contributed by atoms with Gasteiger partial charge in [-0.15, -0.1) is 5.53 Å². The first-order valence-electron chi connectivity index (χ1n) is 5.51. The molecule has 0 spiro atoms. The Morgan fingerprint density at radius 1 is 0.944 bits per heavy atom. The fourth-order valence-corrected chi connectivity index (χ4v) is 1.71. The number of carbonyl (C=O) groups is 1. The molecule has 0 atom stereocenters. The van der Waals surface area contributed by atoms with E-state index in [0.29, 0.717) is 11.3 Å². The van der Waals surface area contributed by atoms with Gasteiger partial charge < -0.3 is 15.6 Å². The fourth-order valence-electron chi connectivity index (χ4n) is 1.71. The fraction of sp³-hybridized carbons (Fsp3) is 0. The summed E-state index contributed by atoms with van der Waals surface area (Å²) in [5.41, 5.74) is 10.9. The second-order valence-electron chi connectivity index (χ2n) is 3.84. The quantitative estimate of drug-likeness (QED) is 0.555. The number of benzene rings is 2. The van der Waals surface area contributed by atoms with E-state index < -0.39 is 0 Å². The second-order valence-corrected chi connectivity index (χ2v) is 3.84. The van der Waals surface area contributed by atoms with Crippen molar-refractivity contribution in [3.05, 3.63) is 54.1 Å². The van der Waals surface area contributed by atoms with Crippen LogP contribution in [0.5, 0.6) is 5.75 Å². The van der Waals surface area contributed by atoms with Gasteiger partial charge in [0.2, 0.25) is 0 Å². The molecule has 18 heavy (non-hydrogen) atoms. The lowest BCUT2D eigenvalue weighted by atomic mass is 10.2. The van der Waals surface area contributed by atoms with Crippen molar-refractivity contribution < 1.29 is 9.53 Å². The molecular formula is C13H11N3O2. The summed E-state index contributed by atoms with van der Waals surface area (Å²) in [5, 5.41) is 0. The first kappa shape index (κ1) is 10.6. The van der Waals surface area contributed by atoms with E-state index in [1.54, 1.807) is 36.4 Å². The molecule has 1 heterocycles. The highest BCUT2D eigenvalue weighted by Crippen LogP contribution is 2.28. The number of hydrazine groups is 2. The largest absolute Gasteiger partial charge is 0.423 e. The average Bonchev–Trinajstić information content (AvgIpc) is 2.87. The van der Waals surface area contributed by atoms with Crippen LogP contribution in [0.4, 0.5) is 11.4 Å². The van der Waals surface area contributed by atoms with E-state index in [0.717, 1.165) is 11.4 Å². The number of ether oxygens (including phenoxy) is 1. The van der Waals surface area contributed by atoms with Gasteiger partial charge in [0, 0.05) is 6.07 Å². The summed E-state index contributed by atoms with van der Waals surface area (Å²) in [6, 6.07) is 14.2. The van der Waals surface area contributed by atoms with Crippen LogP contribution < -0.4 is 21.1 Å². The first-order valence-corrected chi connectivity index (χ1v) is 5.51. The number of nitrogens with one attached hydrogen (secondary N) is 3. The molecule has 0 aliphatic carbocycles. The van der Waals surface area contributed by atoms with Crippen molar-refractivity contribution in [2.75, 3.05) is 10.9 Å². The van der Waals surface area contributed by atoms with Crippen LogP contribution in [0.1, 0.15) is 10.4 Å². The molecule has 0 saturated heterocycles. The van der Waals surface area contributed by atoms with Crippen molar-refractivity contribution in [3.8, 4) is 5.75 Å². The van der Waals surface area contributed by atoms with Gasteiger partial charge >= 0.3 is 5.97 Å². The SMILES string of the molecule is O=C(Oc1ccc2c(c1)NNN2)c1ccccc1. The minimum atomic E-state index is -0.366. The number of fused-ring (bicyclic) bond motifs is 1. The van der Waals surface area contributed by atoms with Gasteiger partial charge in [-0.3, -0.25) is 0 Å². The maximum absolute atomic E-state index is 11.8. The molecule has 1 aliphatic heterocycles. The van der Waals surface area contributed by atoms with Crippen LogP contribution in [-0.2, 0) is 0 Å². The number of carbonyl (C=O) groups excluding carboxylic acids is 1. The molecule has 3 rings (SSSR count). The number of hydrogen-bond acceptors (Lipinski definition) is 5. The minimum Gasteiger partial charge on any atom is -0.423 e. The molecule has 2 aromatic carbocycles. The Morgan fingerprint density at radius 2 is 1.72 bits per heavy atom. The van der Waals surface area contributed by atoms with Gasteiger partial charge in [-0.2, -0.15) is 0 Å². The van der Waals surface area contributed by atoms with Gasteiger partial charge in [0.15, 0.2) is 0 Å². The predicted molar refractivity (Wildman–Crippen MR) is 68.2 cm³/mol. The molecule has 0 unspecified atom stereocenters. The Morgan fingerprint density at radius 3 is 2.56 bits per heavy atom. The molecule has 0 aromatic heterocycles. The zero-order valence-corrected chi connectivity index (χ0v) is 9.44. The highest BCUT2D eigenvalue weighted by molar-refractivity contribution is 5.91. The first-order chi connectivity index (χ1) is 8.83. The monoisotopic (exact) mass is 241 g/mol. The second kappa shape index (κ2) is 4.38. The lowest BCUT2D eigenvalue weighted by molar-refractivity contribution is 0.0735. The highest BCUT2D eigenvalue weighted by atomic mass is 16.5. The molecular weight excluding hydrogens is 230 g/mol. The van der Waals surface area contributed by atoms with Gasteiger partial charge in [0.05, 0.1) is 16.9 Å². The Labute approximate surface area is 104 Å². The zero-order chi connectivity index (χ0) is 12.4. The molecule has 5 nitrogen and oxygen atoms in total. The van der Waals surface area contributed by atoms with E-state index in [9.17, 15) is 4.79 Å². The van der Waals surface area contributed by atoms with Gasteiger partial charge in [0.25, 0.3) is 0 Å². The topological polar surface area (TPSA) is 62.4 Å². The van der Waals surface area contributed by atoms with Crippen molar-refractivity contribution >= 4 is 17.3 Å². The van der Waals surface area contributed by atoms with E-state index in [-0.39, 0.29) is 5.97 Å². The van der Waals surface area contributed by atoms with Crippen LogP contribution in [-0.4, -0.2) is 5.97 Å². The van der Waals surface area contributed by atoms with Crippen LogP contribution in [0, 0.1) is 0 Å². The van der Waals surface area contributed by atoms with Crippen LogP contribution in [0.25, 0.3) is 0 Å². The van der Waals surface area contributed by atoms with Crippen LogP contribution in [0.2, 0.25) is 0 Å². The number of esters is 1. The third-order valence-electron chi connectivity index (χ3n) is 2.61. The van der Waals surface area contributed by atoms with Gasteiger partial charge in [0.1, 0.15) is 5.75 Å². The third-order valence-corrected chi connectivity index (χ3v) is 2.61. The van der Waals surface area contributed by atoms with Crippen molar-refractivity contribution in [1.82, 2.24) is 5.53 Å². The van der Waals surface area contributed by atoms with E-state index in [1.165, 1.54) is 0 Å². The summed E-state index contributed by atoms with van der Waals surface area (Å²) in [6.45, 7) is 0. The number of anilines is 2. The zero-order valence-electron chi connectivity index (χ0n) is 9.44. The average molecular weight is 241 g/mol. The summed E-state index contributed by atoms with van der Waals surface area (Å²) in [7, 11) is 0. The Balaban J connectivity index is 1.79. The maximum Gasteiger partial charge on any atom is 0.343 e. The van der Waals surface area contributed by atoms with Crippen molar-refractivity contribution in [2.24, 2.45) is 0 Å². The summed E-state index contributed by atoms with van der Waals surface area (Å²) < 4.78 is 5.29. The van der Waals surface area contributed by atoms with Crippen molar-refractivity contribution in [3.63, 3.8) is 0 Å². The lowest BCUT2D eigenvalue weighted by Gasteiger charge is -2.05. The summed E-state index contributed by atoms with van der Waals surface area (Å²) in [4.78, 5) is 11.8. The Hall–Kier alpha value is -2.53. The molecule has 2 aromatic rings. The summed E-state index contributed by atoms with van der Waals surface area (Å²) >= 11 is 0. The molecule has 0 radical (unpaired) electrons. The molecule has 5 heteroatoms. The van der Waals surface area contributed by atoms with Crippen molar-refractivity contribution in [1.29, 1.82) is 0 Å². The standard InChI is InChI=1S/C13H11N3O2/c17-13(9-4-2-1-3-5-9)18-10-6-7-11-12(8-10)15-16-14-11/h1-8,14-16H. The Kier molecular flexibility index (Phi) is 2.59. The smallest absolute Gasteiger partial charge is 0.343 e. The molecule has 0 fully saturated rings. The van der Waals surface area contributed by atoms with Crippen molar-refractivity contribution in [2.45, 2.75) is 0 Å².